The van der Waals surface area contributed by atoms with Crippen LogP contribution in [-0.4, -0.2) is 55.8 Å². The molecule has 1 saturated heterocycles. The van der Waals surface area contributed by atoms with Gasteiger partial charge in [-0.3, -0.25) is 9.55 Å². The first-order chi connectivity index (χ1) is 17.0. The number of H-pyrrole nitrogens is 1. The summed E-state index contributed by atoms with van der Waals surface area (Å²) in [7, 11) is 1.89. The zero-order chi connectivity index (χ0) is 24.5. The maximum absolute atomic E-state index is 13.8. The van der Waals surface area contributed by atoms with Crippen molar-refractivity contribution in [3.05, 3.63) is 58.7 Å². The van der Waals surface area contributed by atoms with Crippen molar-refractivity contribution in [3.8, 4) is 11.3 Å². The van der Waals surface area contributed by atoms with E-state index in [4.69, 9.17) is 4.98 Å². The molecule has 36 heavy (non-hydrogen) atoms. The summed E-state index contributed by atoms with van der Waals surface area (Å²) < 4.78 is 31.0. The van der Waals surface area contributed by atoms with Crippen molar-refractivity contribution < 1.29 is 8.78 Å². The zero-order valence-electron chi connectivity index (χ0n) is 20.2. The van der Waals surface area contributed by atoms with Crippen LogP contribution in [-0.2, 0) is 13.1 Å². The molecule has 0 aliphatic carbocycles. The quantitative estimate of drug-likeness (QED) is 0.390. The number of halogens is 3. The fourth-order valence-corrected chi connectivity index (χ4v) is 4.82. The van der Waals surface area contributed by atoms with Gasteiger partial charge in [0.1, 0.15) is 17.7 Å². The third kappa shape index (κ3) is 4.72. The second-order valence-electron chi connectivity index (χ2n) is 8.74. The van der Waals surface area contributed by atoms with Gasteiger partial charge in [0.05, 0.1) is 5.69 Å². The lowest BCUT2D eigenvalue weighted by molar-refractivity contribution is 0.461. The predicted octanol–water partition coefficient (Wildman–Crippen LogP) is 3.31. The number of nitrogens with one attached hydrogen (secondary N) is 2. The van der Waals surface area contributed by atoms with Crippen LogP contribution in [0.2, 0.25) is 0 Å². The highest BCUT2D eigenvalue weighted by atomic mass is 35.5. The number of aromatic nitrogens is 6. The van der Waals surface area contributed by atoms with Crippen LogP contribution in [0.1, 0.15) is 31.5 Å². The Kier molecular flexibility index (Phi) is 7.70. The average molecular weight is 519 g/mol. The van der Waals surface area contributed by atoms with Crippen LogP contribution in [0.15, 0.2) is 35.5 Å². The Hall–Kier alpha value is -3.31. The number of rotatable bonds is 7. The first kappa shape index (κ1) is 25.8. The third-order valence-electron chi connectivity index (χ3n) is 6.64. The number of hydrogen-bond donors (Lipinski definition) is 2. The third-order valence-corrected chi connectivity index (χ3v) is 6.64. The Morgan fingerprint density at radius 1 is 1.17 bits per heavy atom. The molecule has 0 atom stereocenters. The molecule has 4 heterocycles. The number of hydrogen-bond acceptors (Lipinski definition) is 6. The van der Waals surface area contributed by atoms with E-state index in [1.165, 1.54) is 12.4 Å². The van der Waals surface area contributed by atoms with E-state index in [0.29, 0.717) is 23.4 Å². The lowest BCUT2D eigenvalue weighted by Crippen LogP contribution is -2.35. The number of aryl methyl sites for hydroxylation is 1. The summed E-state index contributed by atoms with van der Waals surface area (Å²) in [5, 5.41) is 3.16. The van der Waals surface area contributed by atoms with Crippen molar-refractivity contribution in [2.75, 3.05) is 31.6 Å². The van der Waals surface area contributed by atoms with E-state index in [1.54, 1.807) is 10.6 Å². The number of fused-ring (bicyclic) bond motifs is 1. The van der Waals surface area contributed by atoms with Crippen molar-refractivity contribution in [1.29, 1.82) is 0 Å². The minimum absolute atomic E-state index is 0. The molecule has 1 aromatic carbocycles. The topological polar surface area (TPSA) is 96.7 Å². The number of benzene rings is 1. The molecule has 12 heteroatoms. The molecule has 4 aromatic rings. The Morgan fingerprint density at radius 2 is 1.94 bits per heavy atom. The molecular weight excluding hydrogens is 490 g/mol. The summed E-state index contributed by atoms with van der Waals surface area (Å²) >= 11 is 0. The van der Waals surface area contributed by atoms with Crippen molar-refractivity contribution in [3.63, 3.8) is 0 Å². The maximum Gasteiger partial charge on any atom is 0.327 e. The first-order valence-electron chi connectivity index (χ1n) is 11.9. The smallest absolute Gasteiger partial charge is 0.327 e. The Balaban J connectivity index is 0.00000304. The van der Waals surface area contributed by atoms with Crippen LogP contribution in [0.25, 0.3) is 22.4 Å². The lowest BCUT2D eigenvalue weighted by atomic mass is 9.95. The number of likely N-dealkylation sites (N-methyl/N-ethyl adjacent to an activating group) is 1. The van der Waals surface area contributed by atoms with Gasteiger partial charge in [-0.25, -0.2) is 28.5 Å². The molecule has 0 amide bonds. The number of nitrogens with zero attached hydrogens (tertiary/aromatic N) is 6. The van der Waals surface area contributed by atoms with Gasteiger partial charge in [-0.2, -0.15) is 0 Å². The molecule has 192 valence electrons. The van der Waals surface area contributed by atoms with Crippen LogP contribution in [0.5, 0.6) is 0 Å². The second-order valence-corrected chi connectivity index (χ2v) is 8.74. The van der Waals surface area contributed by atoms with Crippen LogP contribution in [0, 0.1) is 11.6 Å². The minimum atomic E-state index is -0.881. The van der Waals surface area contributed by atoms with Crippen molar-refractivity contribution in [2.45, 2.75) is 38.8 Å². The molecule has 1 fully saturated rings. The van der Waals surface area contributed by atoms with E-state index >= 15 is 0 Å². The molecule has 2 N–H and O–H groups in total. The standard InChI is InChI=1S/C24H28F2N8O.ClH/c1-3-34-20-21(31-24(34)35)28-14-29-23(20)32-9-6-15(7-10-32)22-30-19(13-33(22)11-8-27-2)16-4-5-17(25)18(26)12-16;/h4-5,12-15,27H,3,6-11H2,1-2H3,(H,28,29,31,35);1H. The molecule has 0 saturated carbocycles. The number of imidazole rings is 2. The second kappa shape index (κ2) is 10.8. The van der Waals surface area contributed by atoms with Gasteiger partial charge in [0.2, 0.25) is 0 Å². The average Bonchev–Trinajstić information content (AvgIpc) is 3.44. The van der Waals surface area contributed by atoms with E-state index in [9.17, 15) is 13.6 Å². The van der Waals surface area contributed by atoms with Gasteiger partial charge in [0, 0.05) is 50.4 Å². The molecule has 3 aromatic heterocycles. The minimum Gasteiger partial charge on any atom is -0.355 e. The summed E-state index contributed by atoms with van der Waals surface area (Å²) in [6.45, 7) is 5.44. The first-order valence-corrected chi connectivity index (χ1v) is 11.9. The summed E-state index contributed by atoms with van der Waals surface area (Å²) in [5.74, 6) is 0.160. The summed E-state index contributed by atoms with van der Waals surface area (Å²) in [6, 6.07) is 3.88. The Morgan fingerprint density at radius 3 is 2.64 bits per heavy atom. The molecule has 0 radical (unpaired) electrons. The monoisotopic (exact) mass is 518 g/mol. The van der Waals surface area contributed by atoms with Crippen LogP contribution >= 0.6 is 12.4 Å². The molecule has 0 unspecified atom stereocenters. The van der Waals surface area contributed by atoms with Gasteiger partial charge in [0.25, 0.3) is 0 Å². The largest absolute Gasteiger partial charge is 0.355 e. The van der Waals surface area contributed by atoms with E-state index in [2.05, 4.69) is 29.7 Å². The van der Waals surface area contributed by atoms with Crippen LogP contribution < -0.4 is 15.9 Å². The maximum atomic E-state index is 13.8. The van der Waals surface area contributed by atoms with Crippen molar-refractivity contribution in [2.24, 2.45) is 0 Å². The normalized spacial score (nSPS) is 14.4. The van der Waals surface area contributed by atoms with Gasteiger partial charge < -0.3 is 14.8 Å². The van der Waals surface area contributed by atoms with E-state index < -0.39 is 11.6 Å². The van der Waals surface area contributed by atoms with Gasteiger partial charge in [0.15, 0.2) is 23.1 Å². The lowest BCUT2D eigenvalue weighted by Gasteiger charge is -2.33. The van der Waals surface area contributed by atoms with Crippen LogP contribution in [0.3, 0.4) is 0 Å². The number of piperidine rings is 1. The highest BCUT2D eigenvalue weighted by Crippen LogP contribution is 2.33. The van der Waals surface area contributed by atoms with E-state index in [0.717, 1.165) is 62.2 Å². The SMILES string of the molecule is CCn1c(=O)[nH]c2ncnc(N3CCC(c4nc(-c5ccc(F)c(F)c5)cn4CCNC)CC3)c21.Cl. The van der Waals surface area contributed by atoms with E-state index in [1.807, 2.05) is 20.2 Å². The Bertz CT molecular complexity index is 1410. The molecule has 1 aliphatic heterocycles. The molecule has 1 aliphatic rings. The van der Waals surface area contributed by atoms with Gasteiger partial charge in [-0.15, -0.1) is 12.4 Å². The molecule has 0 bridgehead atoms. The van der Waals surface area contributed by atoms with Crippen LogP contribution in [0.4, 0.5) is 14.6 Å². The molecule has 0 spiro atoms. The fourth-order valence-electron chi connectivity index (χ4n) is 4.82. The number of aromatic amines is 1. The predicted molar refractivity (Wildman–Crippen MR) is 137 cm³/mol. The number of anilines is 1. The van der Waals surface area contributed by atoms with E-state index in [-0.39, 0.29) is 24.0 Å². The van der Waals surface area contributed by atoms with Crippen molar-refractivity contribution in [1.82, 2.24) is 34.4 Å². The van der Waals surface area contributed by atoms with Gasteiger partial charge in [-0.1, -0.05) is 0 Å². The fraction of sp³-hybridized carbons (Fsp3) is 0.417. The molecule has 5 rings (SSSR count). The summed E-state index contributed by atoms with van der Waals surface area (Å²) in [4.78, 5) is 30.9. The zero-order valence-corrected chi connectivity index (χ0v) is 21.0. The highest BCUT2D eigenvalue weighted by molar-refractivity contribution is 5.85. The van der Waals surface area contributed by atoms with Gasteiger partial charge in [-0.05, 0) is 45.0 Å². The molecule has 9 nitrogen and oxygen atoms in total. The van der Waals surface area contributed by atoms with Gasteiger partial charge >= 0.3 is 5.69 Å². The van der Waals surface area contributed by atoms with Crippen molar-refractivity contribution >= 4 is 29.4 Å². The Labute approximate surface area is 213 Å². The summed E-state index contributed by atoms with van der Waals surface area (Å²) in [6.07, 6.45) is 5.10. The highest BCUT2D eigenvalue weighted by Gasteiger charge is 2.28. The summed E-state index contributed by atoms with van der Waals surface area (Å²) in [5.41, 5.74) is 2.28. The molecular formula is C24H29ClF2N8O.